The second-order valence-corrected chi connectivity index (χ2v) is 6.86. The summed E-state index contributed by atoms with van der Waals surface area (Å²) in [5.74, 6) is 2.24. The Morgan fingerprint density at radius 1 is 1.16 bits per heavy atom. The Hall–Kier alpha value is -2.49. The average molecular weight is 337 g/mol. The van der Waals surface area contributed by atoms with Gasteiger partial charge in [0.25, 0.3) is 5.91 Å². The van der Waals surface area contributed by atoms with Gasteiger partial charge in [0.2, 0.25) is 0 Å². The first-order valence-electron chi connectivity index (χ1n) is 8.91. The lowest BCUT2D eigenvalue weighted by Crippen LogP contribution is -2.36. The summed E-state index contributed by atoms with van der Waals surface area (Å²) in [6, 6.07) is 13.7. The molecule has 25 heavy (non-hydrogen) atoms. The second kappa shape index (κ2) is 6.79. The molecule has 0 unspecified atom stereocenters. The molecular formula is C21H23NO3. The van der Waals surface area contributed by atoms with Crippen LogP contribution in [0.1, 0.15) is 34.3 Å². The quantitative estimate of drug-likeness (QED) is 0.835. The van der Waals surface area contributed by atoms with E-state index in [4.69, 9.17) is 9.47 Å². The Labute approximate surface area is 148 Å². The fraction of sp³-hybridized carbons (Fsp3) is 0.381. The molecule has 0 spiro atoms. The molecule has 2 aromatic carbocycles. The van der Waals surface area contributed by atoms with Crippen LogP contribution in [0.15, 0.2) is 42.5 Å². The zero-order valence-electron chi connectivity index (χ0n) is 14.5. The first kappa shape index (κ1) is 16.0. The van der Waals surface area contributed by atoms with E-state index in [-0.39, 0.29) is 5.91 Å². The van der Waals surface area contributed by atoms with E-state index < -0.39 is 0 Å². The maximum Gasteiger partial charge on any atom is 0.257 e. The van der Waals surface area contributed by atoms with Crippen molar-refractivity contribution in [1.82, 2.24) is 4.90 Å². The Bertz CT molecular complexity index is 782. The summed E-state index contributed by atoms with van der Waals surface area (Å²) < 4.78 is 11.2. The molecule has 1 heterocycles. The Morgan fingerprint density at radius 3 is 2.80 bits per heavy atom. The number of ether oxygens (including phenoxy) is 2. The van der Waals surface area contributed by atoms with E-state index in [1.165, 1.54) is 18.4 Å². The van der Waals surface area contributed by atoms with E-state index >= 15 is 0 Å². The normalized spacial score (nSPS) is 16.3. The van der Waals surface area contributed by atoms with E-state index in [0.29, 0.717) is 30.4 Å². The number of carbonyl (C=O) groups is 1. The molecule has 0 N–H and O–H groups in total. The summed E-state index contributed by atoms with van der Waals surface area (Å²) >= 11 is 0. The summed E-state index contributed by atoms with van der Waals surface area (Å²) in [5, 5.41) is 0. The molecule has 4 heteroatoms. The molecule has 1 saturated carbocycles. The fourth-order valence-electron chi connectivity index (χ4n) is 3.27. The van der Waals surface area contributed by atoms with Gasteiger partial charge in [0, 0.05) is 13.1 Å². The van der Waals surface area contributed by atoms with Gasteiger partial charge in [0.1, 0.15) is 11.5 Å². The van der Waals surface area contributed by atoms with Gasteiger partial charge in [0.05, 0.1) is 19.3 Å². The topological polar surface area (TPSA) is 38.8 Å². The van der Waals surface area contributed by atoms with Gasteiger partial charge in [-0.05, 0) is 60.6 Å². The van der Waals surface area contributed by atoms with Crippen molar-refractivity contribution in [2.45, 2.75) is 25.8 Å². The highest BCUT2D eigenvalue weighted by Gasteiger charge is 2.26. The van der Waals surface area contributed by atoms with Crippen molar-refractivity contribution >= 4 is 5.91 Å². The number of hydrogen-bond acceptors (Lipinski definition) is 3. The summed E-state index contributed by atoms with van der Waals surface area (Å²) in [7, 11) is 1.67. The summed E-state index contributed by atoms with van der Waals surface area (Å²) in [4.78, 5) is 15.0. The van der Waals surface area contributed by atoms with Crippen LogP contribution in [0.2, 0.25) is 0 Å². The third-order valence-electron chi connectivity index (χ3n) is 5.00. The number of benzene rings is 2. The molecule has 4 nitrogen and oxygen atoms in total. The number of rotatable bonds is 5. The number of fused-ring (bicyclic) bond motifs is 1. The molecule has 0 atom stereocenters. The lowest BCUT2D eigenvalue weighted by molar-refractivity contribution is 0.0729. The van der Waals surface area contributed by atoms with E-state index in [1.54, 1.807) is 7.11 Å². The molecule has 4 rings (SSSR count). The summed E-state index contributed by atoms with van der Waals surface area (Å²) in [6.07, 6.45) is 3.35. The maximum atomic E-state index is 13.1. The number of para-hydroxylation sites is 1. The largest absolute Gasteiger partial charge is 0.497 e. The van der Waals surface area contributed by atoms with E-state index in [0.717, 1.165) is 24.3 Å². The highest BCUT2D eigenvalue weighted by molar-refractivity contribution is 5.97. The molecule has 2 aliphatic rings. The third kappa shape index (κ3) is 3.48. The molecule has 0 aromatic heterocycles. The van der Waals surface area contributed by atoms with Crippen LogP contribution >= 0.6 is 0 Å². The zero-order chi connectivity index (χ0) is 17.2. The lowest BCUT2D eigenvalue weighted by Gasteiger charge is -2.29. The first-order chi connectivity index (χ1) is 12.2. The Morgan fingerprint density at radius 2 is 2.00 bits per heavy atom. The Kier molecular flexibility index (Phi) is 4.35. The van der Waals surface area contributed by atoms with Crippen LogP contribution in [-0.4, -0.2) is 31.1 Å². The standard InChI is InChI=1S/C21H23NO3/c1-24-18-9-8-16-10-11-22(13-17(16)12-18)21(23)19-4-2-3-5-20(19)25-14-15-6-7-15/h2-5,8-9,12,15H,6-7,10-11,13-14H2,1H3. The molecule has 0 saturated heterocycles. The van der Waals surface area contributed by atoms with Gasteiger partial charge in [-0.3, -0.25) is 4.79 Å². The average Bonchev–Trinajstić information content (AvgIpc) is 3.49. The fourth-order valence-corrected chi connectivity index (χ4v) is 3.27. The summed E-state index contributed by atoms with van der Waals surface area (Å²) in [6.45, 7) is 2.06. The van der Waals surface area contributed by atoms with Gasteiger partial charge < -0.3 is 14.4 Å². The van der Waals surface area contributed by atoms with Crippen LogP contribution in [0.5, 0.6) is 11.5 Å². The number of methoxy groups -OCH3 is 1. The highest BCUT2D eigenvalue weighted by atomic mass is 16.5. The molecule has 1 aliphatic heterocycles. The van der Waals surface area contributed by atoms with Gasteiger partial charge in [0.15, 0.2) is 0 Å². The number of hydrogen-bond donors (Lipinski definition) is 0. The maximum absolute atomic E-state index is 13.1. The SMILES string of the molecule is COc1ccc2c(c1)CN(C(=O)c1ccccc1OCC1CC1)CC2. The van der Waals surface area contributed by atoms with Gasteiger partial charge >= 0.3 is 0 Å². The van der Waals surface area contributed by atoms with Crippen molar-refractivity contribution in [1.29, 1.82) is 0 Å². The lowest BCUT2D eigenvalue weighted by atomic mass is 9.98. The van der Waals surface area contributed by atoms with E-state index in [1.807, 2.05) is 41.3 Å². The second-order valence-electron chi connectivity index (χ2n) is 6.86. The molecule has 0 radical (unpaired) electrons. The van der Waals surface area contributed by atoms with Crippen LogP contribution in [0.4, 0.5) is 0 Å². The van der Waals surface area contributed by atoms with E-state index in [2.05, 4.69) is 6.07 Å². The molecule has 1 amide bonds. The van der Waals surface area contributed by atoms with Crippen molar-refractivity contribution in [3.63, 3.8) is 0 Å². The number of nitrogens with zero attached hydrogens (tertiary/aromatic N) is 1. The minimum atomic E-state index is 0.0415. The predicted octanol–water partition coefficient (Wildman–Crippen LogP) is 3.68. The van der Waals surface area contributed by atoms with Gasteiger partial charge in [-0.1, -0.05) is 18.2 Å². The first-order valence-corrected chi connectivity index (χ1v) is 8.91. The highest BCUT2D eigenvalue weighted by Crippen LogP contribution is 2.31. The van der Waals surface area contributed by atoms with Gasteiger partial charge in [-0.2, -0.15) is 0 Å². The van der Waals surface area contributed by atoms with Crippen molar-refractivity contribution in [3.05, 3.63) is 59.2 Å². The monoisotopic (exact) mass is 337 g/mol. The van der Waals surface area contributed by atoms with Crippen LogP contribution in [0, 0.1) is 5.92 Å². The van der Waals surface area contributed by atoms with Crippen molar-refractivity contribution in [3.8, 4) is 11.5 Å². The van der Waals surface area contributed by atoms with Gasteiger partial charge in [-0.15, -0.1) is 0 Å². The van der Waals surface area contributed by atoms with Crippen molar-refractivity contribution < 1.29 is 14.3 Å². The number of carbonyl (C=O) groups excluding carboxylic acids is 1. The van der Waals surface area contributed by atoms with Crippen LogP contribution in [0.3, 0.4) is 0 Å². The van der Waals surface area contributed by atoms with Crippen LogP contribution in [-0.2, 0) is 13.0 Å². The minimum Gasteiger partial charge on any atom is -0.497 e. The van der Waals surface area contributed by atoms with Crippen molar-refractivity contribution in [2.24, 2.45) is 5.92 Å². The van der Waals surface area contributed by atoms with Gasteiger partial charge in [-0.25, -0.2) is 0 Å². The number of amides is 1. The predicted molar refractivity (Wildman–Crippen MR) is 96.1 cm³/mol. The Balaban J connectivity index is 1.53. The smallest absolute Gasteiger partial charge is 0.257 e. The minimum absolute atomic E-state index is 0.0415. The molecular weight excluding hydrogens is 314 g/mol. The van der Waals surface area contributed by atoms with E-state index in [9.17, 15) is 4.79 Å². The molecule has 0 bridgehead atoms. The molecule has 1 fully saturated rings. The third-order valence-corrected chi connectivity index (χ3v) is 5.00. The molecule has 2 aromatic rings. The van der Waals surface area contributed by atoms with Crippen LogP contribution in [0.25, 0.3) is 0 Å². The van der Waals surface area contributed by atoms with Crippen LogP contribution < -0.4 is 9.47 Å². The zero-order valence-corrected chi connectivity index (χ0v) is 14.5. The molecule has 130 valence electrons. The summed E-state index contributed by atoms with van der Waals surface area (Å²) in [5.41, 5.74) is 3.12. The molecule has 1 aliphatic carbocycles. The van der Waals surface area contributed by atoms with Crippen molar-refractivity contribution in [2.75, 3.05) is 20.3 Å².